The molecule has 4 aromatic carbocycles. The highest BCUT2D eigenvalue weighted by Gasteiger charge is 2.44. The third-order valence-electron chi connectivity index (χ3n) is 10.2. The number of nitrogens with zero attached hydrogens (tertiary/aromatic N) is 2. The molecule has 5 rings (SSSR count). The van der Waals surface area contributed by atoms with Gasteiger partial charge in [0.1, 0.15) is 0 Å². The number of rotatable bonds is 16. The fourth-order valence-electron chi connectivity index (χ4n) is 7.53. The van der Waals surface area contributed by atoms with Gasteiger partial charge in [0.15, 0.2) is 0 Å². The number of aliphatic carboxylic acids is 1. The molecule has 0 aromatic heterocycles. The Bertz CT molecular complexity index is 1920. The smallest absolute Gasteiger partial charge is 0.305 e. The summed E-state index contributed by atoms with van der Waals surface area (Å²) in [5.74, 6) is -0.837. The molecule has 0 saturated heterocycles. The summed E-state index contributed by atoms with van der Waals surface area (Å²) in [6.07, 6.45) is 14.0. The summed E-state index contributed by atoms with van der Waals surface area (Å²) >= 11 is 0. The summed E-state index contributed by atoms with van der Waals surface area (Å²) in [6, 6.07) is 34.2. The van der Waals surface area contributed by atoms with E-state index >= 15 is 0 Å². The third kappa shape index (κ3) is 8.03. The second-order valence-corrected chi connectivity index (χ2v) is 14.0. The number of unbranched alkanes of at least 4 members (excludes halogenated alkanes) is 1. The first-order chi connectivity index (χ1) is 24.2. The fourth-order valence-corrected chi connectivity index (χ4v) is 7.53. The topological polar surface area (TPSA) is 76.4 Å². The maximum absolute atomic E-state index is 11.9. The van der Waals surface area contributed by atoms with E-state index in [1.807, 2.05) is 30.4 Å². The Balaban J connectivity index is 1.55. The first-order valence-electron chi connectivity index (χ1n) is 18.1. The number of carbonyl (C=O) groups is 1. The summed E-state index contributed by atoms with van der Waals surface area (Å²) in [5, 5.41) is 26.0. The summed E-state index contributed by atoms with van der Waals surface area (Å²) < 4.78 is 0. The average Bonchev–Trinajstić information content (AvgIpc) is 3.37. The van der Waals surface area contributed by atoms with Gasteiger partial charge in [-0.1, -0.05) is 125 Å². The Kier molecular flexibility index (Phi) is 12.0. The van der Waals surface area contributed by atoms with Gasteiger partial charge in [0, 0.05) is 35.3 Å². The number of anilines is 2. The zero-order chi connectivity index (χ0) is 35.6. The minimum Gasteiger partial charge on any atom is -0.481 e. The third-order valence-corrected chi connectivity index (χ3v) is 10.2. The standard InChI is InChI=1S/C45H51N3O2/c1-5-7-28-44(3,38-21-13-14-22-40(38)47-30-6-2)29-15-18-35(33-46)23-26-41-45(4,32-34-16-9-8-10-17-34)39-25-24-36-19-11-12-20-37(36)43(39)48(41)31-27-42(49)50/h8-26,47H,5-7,27-32H2,1-4H3,(H,49,50)/b18-15+,35-23-,41-26+. The van der Waals surface area contributed by atoms with Gasteiger partial charge in [0.05, 0.1) is 23.8 Å². The Morgan fingerprint density at radius 1 is 0.980 bits per heavy atom. The maximum atomic E-state index is 11.9. The first-order valence-corrected chi connectivity index (χ1v) is 18.1. The quantitative estimate of drug-likeness (QED) is 0.0920. The Morgan fingerprint density at radius 2 is 1.72 bits per heavy atom. The van der Waals surface area contributed by atoms with Crippen LogP contribution >= 0.6 is 0 Å². The molecule has 0 bridgehead atoms. The highest BCUT2D eigenvalue weighted by molar-refractivity contribution is 5.99. The van der Waals surface area contributed by atoms with Crippen molar-refractivity contribution < 1.29 is 9.90 Å². The van der Waals surface area contributed by atoms with Crippen molar-refractivity contribution in [1.29, 1.82) is 5.26 Å². The Morgan fingerprint density at radius 3 is 2.46 bits per heavy atom. The van der Waals surface area contributed by atoms with Crippen LogP contribution in [0, 0.1) is 11.3 Å². The van der Waals surface area contributed by atoms with Crippen molar-refractivity contribution in [2.45, 2.75) is 83.5 Å². The van der Waals surface area contributed by atoms with Crippen molar-refractivity contribution in [3.8, 4) is 6.07 Å². The van der Waals surface area contributed by atoms with E-state index in [0.717, 1.165) is 67.2 Å². The van der Waals surface area contributed by atoms with Crippen LogP contribution in [0.1, 0.15) is 82.9 Å². The molecular weight excluding hydrogens is 615 g/mol. The van der Waals surface area contributed by atoms with E-state index in [2.05, 4.69) is 129 Å². The molecule has 1 heterocycles. The van der Waals surface area contributed by atoms with Crippen molar-refractivity contribution in [2.75, 3.05) is 23.3 Å². The van der Waals surface area contributed by atoms with E-state index in [-0.39, 0.29) is 11.8 Å². The molecule has 0 aliphatic carbocycles. The second kappa shape index (κ2) is 16.5. The molecule has 0 fully saturated rings. The van der Waals surface area contributed by atoms with Crippen LogP contribution in [0.15, 0.2) is 127 Å². The lowest BCUT2D eigenvalue weighted by atomic mass is 9.74. The number of fused-ring (bicyclic) bond motifs is 3. The molecule has 4 aromatic rings. The summed E-state index contributed by atoms with van der Waals surface area (Å²) in [5.41, 5.74) is 6.96. The molecule has 0 amide bonds. The van der Waals surface area contributed by atoms with Gasteiger partial charge in [-0.25, -0.2) is 0 Å². The van der Waals surface area contributed by atoms with Gasteiger partial charge in [0.25, 0.3) is 0 Å². The van der Waals surface area contributed by atoms with E-state index in [1.165, 1.54) is 22.4 Å². The van der Waals surface area contributed by atoms with E-state index in [4.69, 9.17) is 0 Å². The number of hydrogen-bond donors (Lipinski definition) is 2. The van der Waals surface area contributed by atoms with Gasteiger partial charge < -0.3 is 15.3 Å². The molecule has 0 saturated carbocycles. The molecule has 5 heteroatoms. The molecular formula is C45H51N3O2. The minimum atomic E-state index is -0.837. The van der Waals surface area contributed by atoms with Gasteiger partial charge in [-0.15, -0.1) is 0 Å². The van der Waals surface area contributed by atoms with Crippen LogP contribution in [0.5, 0.6) is 0 Å². The Labute approximate surface area is 298 Å². The lowest BCUT2D eigenvalue weighted by Crippen LogP contribution is -2.32. The lowest BCUT2D eigenvalue weighted by molar-refractivity contribution is -0.136. The second-order valence-electron chi connectivity index (χ2n) is 14.0. The van der Waals surface area contributed by atoms with Gasteiger partial charge in [0.2, 0.25) is 0 Å². The first kappa shape index (κ1) is 36.2. The zero-order valence-electron chi connectivity index (χ0n) is 30.1. The average molecular weight is 666 g/mol. The largest absolute Gasteiger partial charge is 0.481 e. The van der Waals surface area contributed by atoms with Crippen LogP contribution in [-0.4, -0.2) is 24.2 Å². The van der Waals surface area contributed by atoms with Gasteiger partial charge in [-0.05, 0) is 84.4 Å². The maximum Gasteiger partial charge on any atom is 0.305 e. The highest BCUT2D eigenvalue weighted by atomic mass is 16.4. The van der Waals surface area contributed by atoms with Crippen molar-refractivity contribution in [3.05, 3.63) is 143 Å². The molecule has 2 atom stereocenters. The minimum absolute atomic E-state index is 0.00106. The highest BCUT2D eigenvalue weighted by Crippen LogP contribution is 2.52. The number of carboxylic acids is 1. The van der Waals surface area contributed by atoms with Gasteiger partial charge in [-0.3, -0.25) is 4.79 Å². The summed E-state index contributed by atoms with van der Waals surface area (Å²) in [6.45, 7) is 10.3. The molecule has 5 nitrogen and oxygen atoms in total. The van der Waals surface area contributed by atoms with Crippen LogP contribution in [0.3, 0.4) is 0 Å². The SMILES string of the molecule is CCCCC(C)(C/C=C/C(C#N)=C/C=C1/N(CCC(=O)O)c2c(ccc3ccccc23)C1(C)Cc1ccccc1)c1ccccc1NCCC. The predicted octanol–water partition coefficient (Wildman–Crippen LogP) is 10.9. The molecule has 2 unspecified atom stereocenters. The number of hydrogen-bond acceptors (Lipinski definition) is 4. The van der Waals surface area contributed by atoms with Crippen molar-refractivity contribution in [2.24, 2.45) is 0 Å². The van der Waals surface area contributed by atoms with E-state index in [1.54, 1.807) is 0 Å². The van der Waals surface area contributed by atoms with Crippen molar-refractivity contribution in [1.82, 2.24) is 0 Å². The monoisotopic (exact) mass is 665 g/mol. The lowest BCUT2D eigenvalue weighted by Gasteiger charge is -2.31. The fraction of sp³-hybridized carbons (Fsp3) is 0.333. The van der Waals surface area contributed by atoms with Crippen LogP contribution in [0.25, 0.3) is 10.8 Å². The van der Waals surface area contributed by atoms with Crippen LogP contribution < -0.4 is 10.2 Å². The number of carboxylic acid groups (broad SMARTS) is 1. The van der Waals surface area contributed by atoms with Crippen molar-refractivity contribution in [3.63, 3.8) is 0 Å². The number of nitriles is 1. The predicted molar refractivity (Wildman–Crippen MR) is 209 cm³/mol. The van der Waals surface area contributed by atoms with Crippen LogP contribution in [0.2, 0.25) is 0 Å². The molecule has 258 valence electrons. The van der Waals surface area contributed by atoms with E-state index in [9.17, 15) is 15.2 Å². The number of benzene rings is 4. The normalized spacial score (nSPS) is 17.9. The molecule has 1 aliphatic rings. The number of para-hydroxylation sites is 1. The Hall–Kier alpha value is -5.08. The molecule has 50 heavy (non-hydrogen) atoms. The van der Waals surface area contributed by atoms with E-state index < -0.39 is 11.4 Å². The van der Waals surface area contributed by atoms with E-state index in [0.29, 0.717) is 12.1 Å². The molecule has 0 radical (unpaired) electrons. The molecule has 1 aliphatic heterocycles. The van der Waals surface area contributed by atoms with Gasteiger partial charge in [-0.2, -0.15) is 5.26 Å². The molecule has 2 N–H and O–H groups in total. The number of allylic oxidation sites excluding steroid dienone is 6. The van der Waals surface area contributed by atoms with Gasteiger partial charge >= 0.3 is 5.97 Å². The number of nitrogens with one attached hydrogen (secondary N) is 1. The summed E-state index contributed by atoms with van der Waals surface area (Å²) in [4.78, 5) is 14.1. The van der Waals surface area contributed by atoms with Crippen LogP contribution in [0.4, 0.5) is 11.4 Å². The summed E-state index contributed by atoms with van der Waals surface area (Å²) in [7, 11) is 0. The van der Waals surface area contributed by atoms with Crippen LogP contribution in [-0.2, 0) is 22.0 Å². The molecule has 0 spiro atoms. The zero-order valence-corrected chi connectivity index (χ0v) is 30.1. The van der Waals surface area contributed by atoms with Crippen molar-refractivity contribution >= 4 is 28.1 Å².